The predicted molar refractivity (Wildman–Crippen MR) is 80.5 cm³/mol. The number of hydrogen-bond donors (Lipinski definition) is 2. The largest absolute Gasteiger partial charge is 0.377 e. The smallest absolute Gasteiger partial charge is 0.250 e. The number of sulfonamides is 1. The molecule has 0 amide bonds. The molecule has 1 aromatic heterocycles. The molecule has 0 saturated heterocycles. The molecule has 2 N–H and O–H groups in total. The lowest BCUT2D eigenvalue weighted by Gasteiger charge is -2.22. The Labute approximate surface area is 124 Å². The van der Waals surface area contributed by atoms with Crippen molar-refractivity contribution in [3.63, 3.8) is 0 Å². The van der Waals surface area contributed by atoms with Crippen molar-refractivity contribution in [1.29, 1.82) is 0 Å². The fraction of sp³-hybridized carbons (Fsp3) is 0.692. The van der Waals surface area contributed by atoms with Crippen molar-refractivity contribution in [3.8, 4) is 0 Å². The van der Waals surface area contributed by atoms with E-state index in [1.807, 2.05) is 19.2 Å². The number of hydrogen-bond acceptors (Lipinski definition) is 5. The van der Waals surface area contributed by atoms with E-state index in [0.29, 0.717) is 10.3 Å². The molecule has 1 aliphatic carbocycles. The van der Waals surface area contributed by atoms with Gasteiger partial charge in [0.25, 0.3) is 0 Å². The molecule has 0 aromatic carbocycles. The molecule has 0 radical (unpaired) electrons. The van der Waals surface area contributed by atoms with Crippen LogP contribution < -0.4 is 10.0 Å². The summed E-state index contributed by atoms with van der Waals surface area (Å²) >= 11 is 1.26. The van der Waals surface area contributed by atoms with Gasteiger partial charge in [0, 0.05) is 26.2 Å². The third-order valence-electron chi connectivity index (χ3n) is 3.31. The number of ether oxygens (including phenoxy) is 1. The molecule has 1 saturated carbocycles. The van der Waals surface area contributed by atoms with Crippen molar-refractivity contribution in [2.45, 2.75) is 49.1 Å². The molecule has 114 valence electrons. The molecule has 20 heavy (non-hydrogen) atoms. The first kappa shape index (κ1) is 15.9. The third kappa shape index (κ3) is 4.53. The number of methoxy groups -OCH3 is 1. The monoisotopic (exact) mass is 318 g/mol. The second-order valence-electron chi connectivity index (χ2n) is 5.72. The summed E-state index contributed by atoms with van der Waals surface area (Å²) in [5, 5.41) is 5.27. The Morgan fingerprint density at radius 1 is 1.45 bits per heavy atom. The van der Waals surface area contributed by atoms with E-state index in [1.165, 1.54) is 24.2 Å². The highest BCUT2D eigenvalue weighted by atomic mass is 32.2. The molecular formula is C13H22N2O3S2. The van der Waals surface area contributed by atoms with Gasteiger partial charge < -0.3 is 10.1 Å². The maximum absolute atomic E-state index is 12.2. The van der Waals surface area contributed by atoms with Crippen molar-refractivity contribution in [1.82, 2.24) is 10.0 Å². The first-order valence-corrected chi connectivity index (χ1v) is 9.04. The molecule has 1 aromatic rings. The topological polar surface area (TPSA) is 67.4 Å². The summed E-state index contributed by atoms with van der Waals surface area (Å²) in [7, 11) is -1.87. The lowest BCUT2D eigenvalue weighted by atomic mass is 10.1. The highest BCUT2D eigenvalue weighted by Gasteiger charge is 2.24. The fourth-order valence-electron chi connectivity index (χ4n) is 1.55. The van der Waals surface area contributed by atoms with Gasteiger partial charge in [-0.15, -0.1) is 11.3 Å². The van der Waals surface area contributed by atoms with E-state index in [9.17, 15) is 8.42 Å². The Balaban J connectivity index is 1.94. The fourth-order valence-corrected chi connectivity index (χ4v) is 4.00. The van der Waals surface area contributed by atoms with E-state index in [4.69, 9.17) is 4.74 Å². The zero-order valence-electron chi connectivity index (χ0n) is 12.1. The molecule has 7 heteroatoms. The summed E-state index contributed by atoms with van der Waals surface area (Å²) in [5.74, 6) is 0. The summed E-state index contributed by atoms with van der Waals surface area (Å²) in [6, 6.07) is 2.36. The number of rotatable bonds is 8. The van der Waals surface area contributed by atoms with Gasteiger partial charge in [-0.2, -0.15) is 0 Å². The van der Waals surface area contributed by atoms with Crippen LogP contribution in [0.1, 0.15) is 32.3 Å². The quantitative estimate of drug-likeness (QED) is 0.765. The van der Waals surface area contributed by atoms with E-state index in [0.717, 1.165) is 12.1 Å². The van der Waals surface area contributed by atoms with E-state index in [-0.39, 0.29) is 6.54 Å². The van der Waals surface area contributed by atoms with Crippen LogP contribution in [-0.4, -0.2) is 33.7 Å². The van der Waals surface area contributed by atoms with Crippen LogP contribution in [0.3, 0.4) is 0 Å². The summed E-state index contributed by atoms with van der Waals surface area (Å²) in [6.45, 7) is 4.67. The van der Waals surface area contributed by atoms with Gasteiger partial charge in [0.1, 0.15) is 4.21 Å². The van der Waals surface area contributed by atoms with Crippen LogP contribution in [0.5, 0.6) is 0 Å². The summed E-state index contributed by atoms with van der Waals surface area (Å²) in [4.78, 5) is 0. The Hall–Kier alpha value is -0.470. The van der Waals surface area contributed by atoms with Crippen molar-refractivity contribution >= 4 is 21.4 Å². The van der Waals surface area contributed by atoms with Gasteiger partial charge in [0.05, 0.1) is 5.60 Å². The highest BCUT2D eigenvalue weighted by molar-refractivity contribution is 7.91. The van der Waals surface area contributed by atoms with E-state index in [2.05, 4.69) is 10.0 Å². The summed E-state index contributed by atoms with van der Waals surface area (Å²) in [6.07, 6.45) is 2.45. The maximum atomic E-state index is 12.2. The molecule has 0 unspecified atom stereocenters. The first-order valence-electron chi connectivity index (χ1n) is 6.68. The average Bonchev–Trinajstić information content (AvgIpc) is 3.10. The highest BCUT2D eigenvalue weighted by Crippen LogP contribution is 2.23. The van der Waals surface area contributed by atoms with Gasteiger partial charge in [-0.05, 0) is 43.7 Å². The van der Waals surface area contributed by atoms with Crippen LogP contribution in [0.2, 0.25) is 0 Å². The lowest BCUT2D eigenvalue weighted by Crippen LogP contribution is -2.39. The molecular weight excluding hydrogens is 296 g/mol. The van der Waals surface area contributed by atoms with Gasteiger partial charge >= 0.3 is 0 Å². The molecule has 1 heterocycles. The standard InChI is InChI=1S/C13H22N2O3S2/c1-13(2,18-3)9-15-20(16,17)12-6-10(8-19-12)7-14-11-4-5-11/h6,8,11,14-15H,4-5,7,9H2,1-3H3. The predicted octanol–water partition coefficient (Wildman–Crippen LogP) is 1.70. The number of nitrogens with one attached hydrogen (secondary N) is 2. The van der Waals surface area contributed by atoms with E-state index in [1.54, 1.807) is 13.2 Å². The Kier molecular flexibility index (Phi) is 4.86. The Bertz CT molecular complexity index is 548. The molecule has 0 atom stereocenters. The van der Waals surface area contributed by atoms with Crippen LogP contribution in [0, 0.1) is 0 Å². The molecule has 0 bridgehead atoms. The second-order valence-corrected chi connectivity index (χ2v) is 8.62. The lowest BCUT2D eigenvalue weighted by molar-refractivity contribution is 0.0276. The molecule has 1 fully saturated rings. The van der Waals surface area contributed by atoms with Crippen LogP contribution in [0.15, 0.2) is 15.7 Å². The first-order chi connectivity index (χ1) is 9.32. The molecule has 0 spiro atoms. The van der Waals surface area contributed by atoms with Crippen molar-refractivity contribution in [2.75, 3.05) is 13.7 Å². The van der Waals surface area contributed by atoms with Crippen molar-refractivity contribution in [3.05, 3.63) is 17.0 Å². The minimum Gasteiger partial charge on any atom is -0.377 e. The van der Waals surface area contributed by atoms with Crippen LogP contribution in [0.4, 0.5) is 0 Å². The zero-order valence-corrected chi connectivity index (χ0v) is 13.7. The van der Waals surface area contributed by atoms with Crippen LogP contribution in [0.25, 0.3) is 0 Å². The van der Waals surface area contributed by atoms with Gasteiger partial charge in [0.15, 0.2) is 0 Å². The summed E-state index contributed by atoms with van der Waals surface area (Å²) in [5.41, 5.74) is 0.508. The Morgan fingerprint density at radius 3 is 2.75 bits per heavy atom. The molecule has 5 nitrogen and oxygen atoms in total. The van der Waals surface area contributed by atoms with Gasteiger partial charge in [-0.1, -0.05) is 0 Å². The van der Waals surface area contributed by atoms with Crippen molar-refractivity contribution < 1.29 is 13.2 Å². The molecule has 0 aliphatic heterocycles. The summed E-state index contributed by atoms with van der Waals surface area (Å²) < 4.78 is 32.5. The third-order valence-corrected chi connectivity index (χ3v) is 6.20. The number of thiophene rings is 1. The van der Waals surface area contributed by atoms with Crippen molar-refractivity contribution in [2.24, 2.45) is 0 Å². The van der Waals surface area contributed by atoms with Gasteiger partial charge in [0.2, 0.25) is 10.0 Å². The second kappa shape index (κ2) is 6.11. The van der Waals surface area contributed by atoms with Gasteiger partial charge in [-0.3, -0.25) is 0 Å². The minimum absolute atomic E-state index is 0.249. The maximum Gasteiger partial charge on any atom is 0.250 e. The Morgan fingerprint density at radius 2 is 2.15 bits per heavy atom. The molecule has 1 aliphatic rings. The zero-order chi connectivity index (χ0) is 14.8. The van der Waals surface area contributed by atoms with E-state index >= 15 is 0 Å². The molecule has 2 rings (SSSR count). The normalized spacial score (nSPS) is 16.6. The average molecular weight is 318 g/mol. The van der Waals surface area contributed by atoms with E-state index < -0.39 is 15.6 Å². The van der Waals surface area contributed by atoms with Crippen LogP contribution >= 0.6 is 11.3 Å². The SMILES string of the molecule is COC(C)(C)CNS(=O)(=O)c1cc(CNC2CC2)cs1. The van der Waals surface area contributed by atoms with Crippen LogP contribution in [-0.2, 0) is 21.3 Å². The minimum atomic E-state index is -3.44. The van der Waals surface area contributed by atoms with Gasteiger partial charge in [-0.25, -0.2) is 13.1 Å².